The number of piperidine rings is 1. The van der Waals surface area contributed by atoms with Crippen molar-refractivity contribution >= 4 is 17.5 Å². The van der Waals surface area contributed by atoms with Crippen molar-refractivity contribution in [2.75, 3.05) is 19.6 Å². The van der Waals surface area contributed by atoms with E-state index in [0.717, 1.165) is 23.7 Å². The predicted octanol–water partition coefficient (Wildman–Crippen LogP) is 3.00. The zero-order chi connectivity index (χ0) is 13.7. The molecule has 2 rings (SSSR count). The van der Waals surface area contributed by atoms with Crippen molar-refractivity contribution in [1.82, 2.24) is 10.2 Å². The zero-order valence-corrected chi connectivity index (χ0v) is 12.1. The molecule has 4 heteroatoms. The van der Waals surface area contributed by atoms with Crippen molar-refractivity contribution in [3.63, 3.8) is 0 Å². The molecule has 1 aromatic carbocycles. The molecule has 1 aromatic rings. The smallest absolute Gasteiger partial charge is 0.234 e. The van der Waals surface area contributed by atoms with Gasteiger partial charge in [-0.3, -0.25) is 9.69 Å². The summed E-state index contributed by atoms with van der Waals surface area (Å²) in [5.41, 5.74) is 1.08. The normalized spacial score (nSPS) is 18.0. The van der Waals surface area contributed by atoms with E-state index in [-0.39, 0.29) is 11.9 Å². The maximum Gasteiger partial charge on any atom is 0.234 e. The average Bonchev–Trinajstić information content (AvgIpc) is 2.40. The Morgan fingerprint density at radius 3 is 2.53 bits per heavy atom. The molecule has 1 N–H and O–H groups in total. The molecule has 3 nitrogen and oxygen atoms in total. The molecule has 1 amide bonds. The molecule has 1 aliphatic heterocycles. The van der Waals surface area contributed by atoms with Gasteiger partial charge in [-0.1, -0.05) is 30.2 Å². The van der Waals surface area contributed by atoms with E-state index in [1.54, 1.807) is 0 Å². The third kappa shape index (κ3) is 4.51. The molecule has 0 unspecified atom stereocenters. The van der Waals surface area contributed by atoms with E-state index in [1.165, 1.54) is 19.3 Å². The van der Waals surface area contributed by atoms with Gasteiger partial charge in [0.1, 0.15) is 0 Å². The maximum absolute atomic E-state index is 12.0. The molecule has 0 aromatic heterocycles. The highest BCUT2D eigenvalue weighted by Crippen LogP contribution is 2.16. The zero-order valence-electron chi connectivity index (χ0n) is 11.4. The Hall–Kier alpha value is -1.06. The average molecular weight is 281 g/mol. The molecule has 0 aliphatic carbocycles. The van der Waals surface area contributed by atoms with Crippen LogP contribution >= 0.6 is 11.6 Å². The van der Waals surface area contributed by atoms with Crippen LogP contribution in [0.1, 0.15) is 37.8 Å². The first-order valence-electron chi connectivity index (χ1n) is 6.92. The standard InChI is InChI=1S/C15H21ClN2O/c1-12(13-5-7-14(16)8-6-13)17-15(19)11-18-9-3-2-4-10-18/h5-8,12H,2-4,9-11H2,1H3,(H,17,19)/t12-/m1/s1. The van der Waals surface area contributed by atoms with E-state index in [9.17, 15) is 4.79 Å². The molecule has 0 saturated carbocycles. The number of nitrogens with one attached hydrogen (secondary N) is 1. The van der Waals surface area contributed by atoms with Crippen molar-refractivity contribution in [3.8, 4) is 0 Å². The van der Waals surface area contributed by atoms with Crippen LogP contribution in [0.4, 0.5) is 0 Å². The van der Waals surface area contributed by atoms with Gasteiger partial charge in [0.15, 0.2) is 0 Å². The number of nitrogens with zero attached hydrogens (tertiary/aromatic N) is 1. The number of amides is 1. The molecule has 1 saturated heterocycles. The van der Waals surface area contributed by atoms with Gasteiger partial charge in [-0.25, -0.2) is 0 Å². The molecule has 104 valence electrons. The summed E-state index contributed by atoms with van der Waals surface area (Å²) >= 11 is 5.86. The van der Waals surface area contributed by atoms with Crippen molar-refractivity contribution in [3.05, 3.63) is 34.9 Å². The SMILES string of the molecule is C[C@@H](NC(=O)CN1CCCCC1)c1ccc(Cl)cc1. The summed E-state index contributed by atoms with van der Waals surface area (Å²) < 4.78 is 0. The summed E-state index contributed by atoms with van der Waals surface area (Å²) in [5.74, 6) is 0.101. The lowest BCUT2D eigenvalue weighted by Gasteiger charge is -2.26. The third-order valence-corrected chi connectivity index (χ3v) is 3.82. The summed E-state index contributed by atoms with van der Waals surface area (Å²) in [4.78, 5) is 14.2. The summed E-state index contributed by atoms with van der Waals surface area (Å²) in [7, 11) is 0. The highest BCUT2D eigenvalue weighted by molar-refractivity contribution is 6.30. The van der Waals surface area contributed by atoms with Gasteiger partial charge in [0.25, 0.3) is 0 Å². The Morgan fingerprint density at radius 1 is 1.26 bits per heavy atom. The minimum Gasteiger partial charge on any atom is -0.348 e. The van der Waals surface area contributed by atoms with Crippen molar-refractivity contribution in [2.45, 2.75) is 32.2 Å². The Bertz CT molecular complexity index is 413. The fourth-order valence-electron chi connectivity index (χ4n) is 2.44. The van der Waals surface area contributed by atoms with E-state index in [4.69, 9.17) is 11.6 Å². The second kappa shape index (κ2) is 6.92. The fourth-order valence-corrected chi connectivity index (χ4v) is 2.57. The Balaban J connectivity index is 1.82. The lowest BCUT2D eigenvalue weighted by molar-refractivity contribution is -0.123. The van der Waals surface area contributed by atoms with Crippen LogP contribution in [0.25, 0.3) is 0 Å². The molecule has 1 atom stereocenters. The van der Waals surface area contributed by atoms with Crippen LogP contribution in [0.2, 0.25) is 5.02 Å². The maximum atomic E-state index is 12.0. The summed E-state index contributed by atoms with van der Waals surface area (Å²) in [6, 6.07) is 7.63. The Morgan fingerprint density at radius 2 is 1.89 bits per heavy atom. The van der Waals surface area contributed by atoms with Crippen LogP contribution < -0.4 is 5.32 Å². The number of carbonyl (C=O) groups excluding carboxylic acids is 1. The molecule has 0 radical (unpaired) electrons. The van der Waals surface area contributed by atoms with Gasteiger partial charge in [-0.15, -0.1) is 0 Å². The van der Waals surface area contributed by atoms with Crippen molar-refractivity contribution < 1.29 is 4.79 Å². The molecule has 1 fully saturated rings. The van der Waals surface area contributed by atoms with Gasteiger partial charge in [0.2, 0.25) is 5.91 Å². The largest absolute Gasteiger partial charge is 0.348 e. The van der Waals surface area contributed by atoms with Gasteiger partial charge in [0.05, 0.1) is 12.6 Å². The molecular formula is C15H21ClN2O. The van der Waals surface area contributed by atoms with Gasteiger partial charge < -0.3 is 5.32 Å². The summed E-state index contributed by atoms with van der Waals surface area (Å²) in [6.45, 7) is 4.60. The Kier molecular flexibility index (Phi) is 5.23. The van der Waals surface area contributed by atoms with Crippen LogP contribution in [0, 0.1) is 0 Å². The van der Waals surface area contributed by atoms with Crippen LogP contribution in [0.5, 0.6) is 0 Å². The highest BCUT2D eigenvalue weighted by Gasteiger charge is 2.15. The molecular weight excluding hydrogens is 260 g/mol. The molecule has 0 bridgehead atoms. The number of benzene rings is 1. The first-order valence-corrected chi connectivity index (χ1v) is 7.30. The van der Waals surface area contributed by atoms with Gasteiger partial charge >= 0.3 is 0 Å². The van der Waals surface area contributed by atoms with E-state index in [2.05, 4.69) is 10.2 Å². The van der Waals surface area contributed by atoms with Crippen LogP contribution in [0.3, 0.4) is 0 Å². The monoisotopic (exact) mass is 280 g/mol. The Labute approximate surface area is 119 Å². The van der Waals surface area contributed by atoms with E-state index >= 15 is 0 Å². The van der Waals surface area contributed by atoms with Gasteiger partial charge in [-0.05, 0) is 50.6 Å². The number of likely N-dealkylation sites (tertiary alicyclic amines) is 1. The van der Waals surface area contributed by atoms with E-state index < -0.39 is 0 Å². The van der Waals surface area contributed by atoms with Crippen LogP contribution in [0.15, 0.2) is 24.3 Å². The number of rotatable bonds is 4. The number of carbonyl (C=O) groups is 1. The van der Waals surface area contributed by atoms with Gasteiger partial charge in [-0.2, -0.15) is 0 Å². The number of halogens is 1. The van der Waals surface area contributed by atoms with Crippen molar-refractivity contribution in [1.29, 1.82) is 0 Å². The topological polar surface area (TPSA) is 32.3 Å². The molecule has 19 heavy (non-hydrogen) atoms. The predicted molar refractivity (Wildman–Crippen MR) is 78.3 cm³/mol. The van der Waals surface area contributed by atoms with Gasteiger partial charge in [0, 0.05) is 5.02 Å². The van der Waals surface area contributed by atoms with Crippen molar-refractivity contribution in [2.24, 2.45) is 0 Å². The summed E-state index contributed by atoms with van der Waals surface area (Å²) in [5, 5.41) is 3.76. The quantitative estimate of drug-likeness (QED) is 0.920. The van der Waals surface area contributed by atoms with E-state index in [1.807, 2.05) is 31.2 Å². The fraction of sp³-hybridized carbons (Fsp3) is 0.533. The van der Waals surface area contributed by atoms with E-state index in [0.29, 0.717) is 6.54 Å². The second-order valence-electron chi connectivity index (χ2n) is 5.18. The lowest BCUT2D eigenvalue weighted by atomic mass is 10.1. The van der Waals surface area contributed by atoms with Crippen LogP contribution in [-0.4, -0.2) is 30.4 Å². The highest BCUT2D eigenvalue weighted by atomic mass is 35.5. The number of hydrogen-bond donors (Lipinski definition) is 1. The molecule has 1 aliphatic rings. The minimum atomic E-state index is 0.0227. The molecule has 0 spiro atoms. The first kappa shape index (κ1) is 14.4. The summed E-state index contributed by atoms with van der Waals surface area (Å²) in [6.07, 6.45) is 3.71. The molecule has 1 heterocycles. The second-order valence-corrected chi connectivity index (χ2v) is 5.61. The lowest BCUT2D eigenvalue weighted by Crippen LogP contribution is -2.40. The number of hydrogen-bond acceptors (Lipinski definition) is 2. The van der Waals surface area contributed by atoms with Crippen LogP contribution in [-0.2, 0) is 4.79 Å². The minimum absolute atomic E-state index is 0.0227. The third-order valence-electron chi connectivity index (χ3n) is 3.56. The first-order chi connectivity index (χ1) is 9.15.